The number of rotatable bonds is 8. The van der Waals surface area contributed by atoms with Crippen molar-refractivity contribution >= 4 is 57.0 Å². The Morgan fingerprint density at radius 1 is 1.20 bits per heavy atom. The number of aromatic nitrogens is 2. The SMILES string of the molecule is CSc1ncc(Br)c(C(=O)N[C@@H](CON2C(=O)c3ccccc3C2=O)Cc2ccc(C)cc2Cl)n1. The van der Waals surface area contributed by atoms with E-state index in [4.69, 9.17) is 16.4 Å². The van der Waals surface area contributed by atoms with Gasteiger partial charge in [-0.3, -0.25) is 19.2 Å². The fourth-order valence-electron chi connectivity index (χ4n) is 3.55. The number of imide groups is 1. The maximum absolute atomic E-state index is 13.1. The summed E-state index contributed by atoms with van der Waals surface area (Å²) in [6, 6.07) is 11.5. The molecule has 0 unspecified atom stereocenters. The number of hydroxylamine groups is 2. The number of nitrogens with one attached hydrogen (secondary N) is 1. The molecule has 0 saturated heterocycles. The molecule has 3 amide bonds. The molecule has 1 aliphatic rings. The van der Waals surface area contributed by atoms with Gasteiger partial charge < -0.3 is 5.32 Å². The van der Waals surface area contributed by atoms with Gasteiger partial charge in [0.15, 0.2) is 5.16 Å². The third-order valence-corrected chi connectivity index (χ3v) is 6.79. The van der Waals surface area contributed by atoms with Crippen molar-refractivity contribution in [2.45, 2.75) is 24.5 Å². The summed E-state index contributed by atoms with van der Waals surface area (Å²) in [7, 11) is 0. The lowest BCUT2D eigenvalue weighted by Gasteiger charge is -2.22. The highest BCUT2D eigenvalue weighted by Crippen LogP contribution is 2.24. The van der Waals surface area contributed by atoms with Gasteiger partial charge >= 0.3 is 0 Å². The number of nitrogens with zero attached hydrogens (tertiary/aromatic N) is 3. The van der Waals surface area contributed by atoms with Crippen molar-refractivity contribution in [3.63, 3.8) is 0 Å². The first-order valence-electron chi connectivity index (χ1n) is 10.5. The molecule has 0 bridgehead atoms. The van der Waals surface area contributed by atoms with Crippen LogP contribution < -0.4 is 5.32 Å². The van der Waals surface area contributed by atoms with E-state index in [1.54, 1.807) is 24.3 Å². The Morgan fingerprint density at radius 3 is 2.51 bits per heavy atom. The number of hydrogen-bond acceptors (Lipinski definition) is 7. The van der Waals surface area contributed by atoms with E-state index < -0.39 is 23.8 Å². The highest BCUT2D eigenvalue weighted by Gasteiger charge is 2.37. The molecule has 4 rings (SSSR count). The lowest BCUT2D eigenvalue weighted by molar-refractivity contribution is -0.0968. The smallest absolute Gasteiger partial charge is 0.285 e. The summed E-state index contributed by atoms with van der Waals surface area (Å²) in [6.07, 6.45) is 3.62. The Kier molecular flexibility index (Phi) is 7.85. The largest absolute Gasteiger partial charge is 0.345 e. The molecular weight excluding hydrogens is 556 g/mol. The monoisotopic (exact) mass is 574 g/mol. The topological polar surface area (TPSA) is 101 Å². The number of benzene rings is 2. The van der Waals surface area contributed by atoms with Crippen LogP contribution in [0.5, 0.6) is 0 Å². The Morgan fingerprint density at radius 2 is 1.89 bits per heavy atom. The molecule has 11 heteroatoms. The maximum Gasteiger partial charge on any atom is 0.285 e. The normalized spacial score (nSPS) is 13.7. The maximum atomic E-state index is 13.1. The summed E-state index contributed by atoms with van der Waals surface area (Å²) in [4.78, 5) is 52.5. The third kappa shape index (κ3) is 5.56. The van der Waals surface area contributed by atoms with Crippen LogP contribution in [0, 0.1) is 6.92 Å². The van der Waals surface area contributed by atoms with Crippen LogP contribution in [0.3, 0.4) is 0 Å². The van der Waals surface area contributed by atoms with E-state index in [1.807, 2.05) is 31.4 Å². The summed E-state index contributed by atoms with van der Waals surface area (Å²) in [5.41, 5.74) is 2.48. The number of halogens is 2. The lowest BCUT2D eigenvalue weighted by Crippen LogP contribution is -2.43. The van der Waals surface area contributed by atoms with E-state index in [2.05, 4.69) is 31.2 Å². The standard InChI is InChI=1S/C24H20BrClN4O4S/c1-13-7-8-14(19(26)9-13)10-15(28-21(31)20-18(25)11-27-24(29-20)35-2)12-34-30-22(32)16-5-3-4-6-17(16)23(30)33/h3-9,11,15H,10,12H2,1-2H3,(H,28,31)/t15-/m1/s1. The van der Waals surface area contributed by atoms with Gasteiger partial charge in [0.1, 0.15) is 5.69 Å². The predicted molar refractivity (Wildman–Crippen MR) is 136 cm³/mol. The van der Waals surface area contributed by atoms with Gasteiger partial charge in [-0.1, -0.05) is 47.6 Å². The van der Waals surface area contributed by atoms with Crippen molar-refractivity contribution in [3.8, 4) is 0 Å². The van der Waals surface area contributed by atoms with Crippen LogP contribution in [0.15, 0.2) is 58.3 Å². The van der Waals surface area contributed by atoms with E-state index in [0.29, 0.717) is 21.1 Å². The van der Waals surface area contributed by atoms with Gasteiger partial charge in [-0.2, -0.15) is 0 Å². The quantitative estimate of drug-likeness (QED) is 0.240. The average Bonchev–Trinajstić information content (AvgIpc) is 3.09. The summed E-state index contributed by atoms with van der Waals surface area (Å²) < 4.78 is 0.432. The van der Waals surface area contributed by atoms with Crippen LogP contribution in [0.4, 0.5) is 0 Å². The zero-order chi connectivity index (χ0) is 25.1. The molecule has 1 aliphatic heterocycles. The molecule has 1 N–H and O–H groups in total. The van der Waals surface area contributed by atoms with Crippen LogP contribution >= 0.6 is 39.3 Å². The number of amides is 3. The van der Waals surface area contributed by atoms with Gasteiger partial charge in [-0.05, 0) is 64.9 Å². The summed E-state index contributed by atoms with van der Waals surface area (Å²) in [6.45, 7) is 1.77. The van der Waals surface area contributed by atoms with Gasteiger partial charge in [-0.15, -0.1) is 5.06 Å². The molecule has 0 radical (unpaired) electrons. The molecule has 0 fully saturated rings. The van der Waals surface area contributed by atoms with Crippen LogP contribution in [-0.4, -0.2) is 51.7 Å². The first-order valence-corrected chi connectivity index (χ1v) is 12.9. The molecule has 0 saturated carbocycles. The highest BCUT2D eigenvalue weighted by molar-refractivity contribution is 9.10. The van der Waals surface area contributed by atoms with Gasteiger partial charge in [0.05, 0.1) is 28.2 Å². The Balaban J connectivity index is 1.55. The average molecular weight is 576 g/mol. The molecule has 2 heterocycles. The van der Waals surface area contributed by atoms with E-state index in [-0.39, 0.29) is 23.4 Å². The molecule has 8 nitrogen and oxygen atoms in total. The Labute approximate surface area is 219 Å². The molecule has 35 heavy (non-hydrogen) atoms. The van der Waals surface area contributed by atoms with Gasteiger partial charge in [0.25, 0.3) is 17.7 Å². The number of fused-ring (bicyclic) bond motifs is 1. The van der Waals surface area contributed by atoms with Crippen LogP contribution in [-0.2, 0) is 11.3 Å². The van der Waals surface area contributed by atoms with Crippen molar-refractivity contribution in [2.24, 2.45) is 0 Å². The van der Waals surface area contributed by atoms with E-state index >= 15 is 0 Å². The second-order valence-electron chi connectivity index (χ2n) is 7.77. The van der Waals surface area contributed by atoms with E-state index in [9.17, 15) is 14.4 Å². The number of hydrogen-bond donors (Lipinski definition) is 1. The molecule has 1 aromatic heterocycles. The van der Waals surface area contributed by atoms with Crippen molar-refractivity contribution in [1.82, 2.24) is 20.3 Å². The summed E-state index contributed by atoms with van der Waals surface area (Å²) in [5, 5.41) is 4.60. The minimum Gasteiger partial charge on any atom is -0.345 e. The number of carbonyl (C=O) groups is 3. The van der Waals surface area contributed by atoms with Crippen molar-refractivity contribution in [3.05, 3.63) is 86.1 Å². The number of thioether (sulfide) groups is 1. The summed E-state index contributed by atoms with van der Waals surface area (Å²) >= 11 is 11.0. The third-order valence-electron chi connectivity index (χ3n) is 5.29. The lowest BCUT2D eigenvalue weighted by atomic mass is 10.0. The van der Waals surface area contributed by atoms with E-state index in [0.717, 1.165) is 16.2 Å². The van der Waals surface area contributed by atoms with Gasteiger partial charge in [0, 0.05) is 11.2 Å². The van der Waals surface area contributed by atoms with Crippen LogP contribution in [0.25, 0.3) is 0 Å². The predicted octanol–water partition coefficient (Wildman–Crippen LogP) is 4.49. The minimum atomic E-state index is -0.633. The second kappa shape index (κ2) is 10.9. The van der Waals surface area contributed by atoms with E-state index in [1.165, 1.54) is 18.0 Å². The molecule has 0 spiro atoms. The number of carbonyl (C=O) groups excluding carboxylic acids is 3. The second-order valence-corrected chi connectivity index (χ2v) is 9.80. The molecule has 1 atom stereocenters. The minimum absolute atomic E-state index is 0.153. The molecule has 0 aliphatic carbocycles. The first kappa shape index (κ1) is 25.3. The fourth-order valence-corrected chi connectivity index (χ4v) is 4.57. The van der Waals surface area contributed by atoms with Gasteiger partial charge in [0.2, 0.25) is 0 Å². The van der Waals surface area contributed by atoms with Gasteiger partial charge in [-0.25, -0.2) is 9.97 Å². The Bertz CT molecular complexity index is 1290. The summed E-state index contributed by atoms with van der Waals surface area (Å²) in [5.74, 6) is -1.56. The molecule has 180 valence electrons. The van der Waals surface area contributed by atoms with Crippen molar-refractivity contribution < 1.29 is 19.2 Å². The van der Waals surface area contributed by atoms with Crippen LogP contribution in [0.1, 0.15) is 42.3 Å². The zero-order valence-corrected chi connectivity index (χ0v) is 21.9. The molecule has 3 aromatic rings. The van der Waals surface area contributed by atoms with Crippen molar-refractivity contribution in [1.29, 1.82) is 0 Å². The molecular formula is C24H20BrClN4O4S. The Hall–Kier alpha value is -2.79. The molecule has 2 aromatic carbocycles. The first-order chi connectivity index (χ1) is 16.8. The zero-order valence-electron chi connectivity index (χ0n) is 18.7. The highest BCUT2D eigenvalue weighted by atomic mass is 79.9. The fraction of sp³-hybridized carbons (Fsp3) is 0.208. The van der Waals surface area contributed by atoms with Crippen LogP contribution in [0.2, 0.25) is 5.02 Å². The number of aryl methyl sites for hydroxylation is 1. The van der Waals surface area contributed by atoms with Crippen molar-refractivity contribution in [2.75, 3.05) is 12.9 Å².